The average Bonchev–Trinajstić information content (AvgIpc) is 2.74. The third-order valence-electron chi connectivity index (χ3n) is 4.42. The van der Waals surface area contributed by atoms with E-state index in [0.717, 1.165) is 29.0 Å². The van der Waals surface area contributed by atoms with Gasteiger partial charge in [0.2, 0.25) is 0 Å². The van der Waals surface area contributed by atoms with Gasteiger partial charge >= 0.3 is 0 Å². The van der Waals surface area contributed by atoms with E-state index in [-0.39, 0.29) is 36.2 Å². The summed E-state index contributed by atoms with van der Waals surface area (Å²) in [5.41, 5.74) is 3.05. The molecular formula is C25H38IN3O3. The molecule has 0 saturated carbocycles. The van der Waals surface area contributed by atoms with Crippen molar-refractivity contribution in [3.05, 3.63) is 65.2 Å². The lowest BCUT2D eigenvalue weighted by Gasteiger charge is -2.17. The minimum Gasteiger partial charge on any atom is -0.491 e. The van der Waals surface area contributed by atoms with Crippen LogP contribution in [0.3, 0.4) is 0 Å². The highest BCUT2D eigenvalue weighted by Crippen LogP contribution is 2.20. The molecule has 32 heavy (non-hydrogen) atoms. The van der Waals surface area contributed by atoms with Crippen molar-refractivity contribution in [2.75, 3.05) is 13.1 Å². The normalized spacial score (nSPS) is 12.4. The lowest BCUT2D eigenvalue weighted by molar-refractivity contribution is 0.0657. The molecule has 0 aromatic heterocycles. The molecule has 1 unspecified atom stereocenters. The summed E-state index contributed by atoms with van der Waals surface area (Å²) in [6.45, 7) is 12.3. The van der Waals surface area contributed by atoms with Gasteiger partial charge in [0, 0.05) is 13.1 Å². The first-order chi connectivity index (χ1) is 14.9. The van der Waals surface area contributed by atoms with Crippen LogP contribution in [0.2, 0.25) is 0 Å². The number of nitrogens with one attached hydrogen (secondary N) is 2. The minimum atomic E-state index is -0.670. The van der Waals surface area contributed by atoms with Crippen molar-refractivity contribution in [1.29, 1.82) is 0 Å². The number of aliphatic hydroxyl groups is 1. The molecule has 3 N–H and O–H groups in total. The molecule has 0 radical (unpaired) electrons. The zero-order valence-corrected chi connectivity index (χ0v) is 22.1. The monoisotopic (exact) mass is 555 g/mol. The van der Waals surface area contributed by atoms with Gasteiger partial charge in [0.1, 0.15) is 5.75 Å². The Morgan fingerprint density at radius 2 is 1.69 bits per heavy atom. The molecule has 2 aromatic carbocycles. The Bertz CT molecular complexity index is 828. The summed E-state index contributed by atoms with van der Waals surface area (Å²) in [6, 6.07) is 15.8. The fourth-order valence-corrected chi connectivity index (χ4v) is 2.97. The van der Waals surface area contributed by atoms with E-state index in [2.05, 4.69) is 33.8 Å². The molecule has 6 nitrogen and oxygen atoms in total. The molecule has 0 bridgehead atoms. The highest BCUT2D eigenvalue weighted by Gasteiger charge is 2.10. The maximum atomic E-state index is 10.6. The number of hydrogen-bond donors (Lipinski definition) is 3. The van der Waals surface area contributed by atoms with Crippen molar-refractivity contribution < 1.29 is 14.6 Å². The molecule has 0 aliphatic carbocycles. The van der Waals surface area contributed by atoms with Gasteiger partial charge in [-0.25, -0.2) is 4.99 Å². The maximum absolute atomic E-state index is 10.6. The molecule has 0 saturated heterocycles. The summed E-state index contributed by atoms with van der Waals surface area (Å²) in [7, 11) is 0. The summed E-state index contributed by atoms with van der Waals surface area (Å²) < 4.78 is 11.4. The van der Waals surface area contributed by atoms with Crippen molar-refractivity contribution in [2.45, 2.75) is 66.1 Å². The van der Waals surface area contributed by atoms with E-state index in [1.54, 1.807) is 0 Å². The van der Waals surface area contributed by atoms with Gasteiger partial charge in [-0.2, -0.15) is 0 Å². The van der Waals surface area contributed by atoms with Gasteiger partial charge in [0.15, 0.2) is 5.96 Å². The number of nitrogens with zero attached hydrogens (tertiary/aromatic N) is 1. The molecule has 1 atom stereocenters. The predicted molar refractivity (Wildman–Crippen MR) is 142 cm³/mol. The molecule has 7 heteroatoms. The number of aliphatic hydroxyl groups excluding tert-OH is 1. The van der Waals surface area contributed by atoms with Gasteiger partial charge < -0.3 is 25.2 Å². The molecule has 0 fully saturated rings. The van der Waals surface area contributed by atoms with Crippen LogP contribution in [0, 0.1) is 0 Å². The maximum Gasteiger partial charge on any atom is 0.191 e. The van der Waals surface area contributed by atoms with Crippen LogP contribution >= 0.6 is 24.0 Å². The van der Waals surface area contributed by atoms with E-state index in [1.165, 1.54) is 0 Å². The Kier molecular flexibility index (Phi) is 13.3. The lowest BCUT2D eigenvalue weighted by atomic mass is 10.1. The first kappa shape index (κ1) is 28.2. The summed E-state index contributed by atoms with van der Waals surface area (Å²) >= 11 is 0. The average molecular weight is 556 g/mol. The Balaban J connectivity index is 0.00000512. The predicted octanol–water partition coefficient (Wildman–Crippen LogP) is 4.81. The molecule has 178 valence electrons. The van der Waals surface area contributed by atoms with E-state index in [4.69, 9.17) is 9.47 Å². The first-order valence-corrected chi connectivity index (χ1v) is 11.0. The molecule has 0 aliphatic rings. The summed E-state index contributed by atoms with van der Waals surface area (Å²) in [6.07, 6.45) is -0.375. The van der Waals surface area contributed by atoms with Gasteiger partial charge in [-0.05, 0) is 63.4 Å². The number of guanidine groups is 1. The third kappa shape index (κ3) is 10.7. The number of aliphatic imine (C=N–C) groups is 1. The van der Waals surface area contributed by atoms with Crippen LogP contribution in [0.5, 0.6) is 5.75 Å². The zero-order chi connectivity index (χ0) is 22.6. The van der Waals surface area contributed by atoms with Gasteiger partial charge in [-0.3, -0.25) is 0 Å². The number of rotatable bonds is 11. The fraction of sp³-hybridized carbons (Fsp3) is 0.480. The molecule has 2 rings (SSSR count). The number of ether oxygens (including phenoxy) is 2. The zero-order valence-electron chi connectivity index (χ0n) is 19.8. The Morgan fingerprint density at radius 1 is 0.969 bits per heavy atom. The second-order valence-corrected chi connectivity index (χ2v) is 8.01. The van der Waals surface area contributed by atoms with Crippen molar-refractivity contribution >= 4 is 29.9 Å². The molecular weight excluding hydrogens is 517 g/mol. The summed E-state index contributed by atoms with van der Waals surface area (Å²) in [5, 5.41) is 17.1. The quantitative estimate of drug-likeness (QED) is 0.211. The van der Waals surface area contributed by atoms with Crippen LogP contribution in [0.15, 0.2) is 53.5 Å². The summed E-state index contributed by atoms with van der Waals surface area (Å²) in [4.78, 5) is 4.66. The van der Waals surface area contributed by atoms with Gasteiger partial charge in [-0.15, -0.1) is 24.0 Å². The largest absolute Gasteiger partial charge is 0.491 e. The Hall–Kier alpha value is -1.84. The summed E-state index contributed by atoms with van der Waals surface area (Å²) in [5.74, 6) is 1.42. The van der Waals surface area contributed by atoms with Crippen molar-refractivity contribution in [3.63, 3.8) is 0 Å². The molecule has 2 aromatic rings. The van der Waals surface area contributed by atoms with E-state index < -0.39 is 6.10 Å². The highest BCUT2D eigenvalue weighted by atomic mass is 127. The smallest absolute Gasteiger partial charge is 0.191 e. The minimum absolute atomic E-state index is 0. The molecule has 0 heterocycles. The van der Waals surface area contributed by atoms with E-state index >= 15 is 0 Å². The third-order valence-corrected chi connectivity index (χ3v) is 4.42. The lowest BCUT2D eigenvalue weighted by Crippen LogP contribution is -2.39. The topological polar surface area (TPSA) is 75.1 Å². The number of halogens is 1. The molecule has 0 amide bonds. The van der Waals surface area contributed by atoms with E-state index in [1.807, 2.05) is 65.0 Å². The number of hydrogen-bond acceptors (Lipinski definition) is 4. The molecule has 0 aliphatic heterocycles. The second-order valence-electron chi connectivity index (χ2n) is 8.01. The fourth-order valence-electron chi connectivity index (χ4n) is 2.97. The Labute approximate surface area is 209 Å². The van der Waals surface area contributed by atoms with Gasteiger partial charge in [0.05, 0.1) is 31.5 Å². The Morgan fingerprint density at radius 3 is 2.38 bits per heavy atom. The van der Waals surface area contributed by atoms with Crippen LogP contribution in [-0.4, -0.2) is 36.4 Å². The molecule has 0 spiro atoms. The second kappa shape index (κ2) is 15.1. The van der Waals surface area contributed by atoms with Crippen molar-refractivity contribution in [2.24, 2.45) is 4.99 Å². The highest BCUT2D eigenvalue weighted by molar-refractivity contribution is 14.0. The van der Waals surface area contributed by atoms with Crippen LogP contribution in [0.4, 0.5) is 0 Å². The number of benzene rings is 2. The first-order valence-electron chi connectivity index (χ1n) is 11.0. The van der Waals surface area contributed by atoms with Crippen LogP contribution in [0.25, 0.3) is 0 Å². The van der Waals surface area contributed by atoms with E-state index in [0.29, 0.717) is 25.7 Å². The SMILES string of the molecule is CCNC(=NCc1cccc(COC(C)C)c1)NCC(O)c1cccc(OC(C)C)c1.I. The van der Waals surface area contributed by atoms with E-state index in [9.17, 15) is 5.11 Å². The van der Waals surface area contributed by atoms with Crippen LogP contribution < -0.4 is 15.4 Å². The standard InChI is InChI=1S/C25H37N3O3.HI/c1-6-26-25(27-15-20-9-7-10-21(13-20)17-30-18(2)3)28-16-24(29)22-11-8-12-23(14-22)31-19(4)5;/h7-14,18-19,24,29H,6,15-17H2,1-5H3,(H2,26,27,28);1H. The van der Waals surface area contributed by atoms with Crippen molar-refractivity contribution in [3.8, 4) is 5.75 Å². The van der Waals surface area contributed by atoms with Gasteiger partial charge in [0.25, 0.3) is 0 Å². The van der Waals surface area contributed by atoms with Crippen molar-refractivity contribution in [1.82, 2.24) is 10.6 Å². The van der Waals surface area contributed by atoms with Gasteiger partial charge in [-0.1, -0.05) is 36.4 Å². The van der Waals surface area contributed by atoms with Crippen LogP contribution in [0.1, 0.15) is 57.4 Å². The van der Waals surface area contributed by atoms with Crippen LogP contribution in [-0.2, 0) is 17.9 Å².